The minimum absolute atomic E-state index is 0.0337. The minimum Gasteiger partial charge on any atom is -0.336 e. The molecule has 5 heterocycles. The minimum atomic E-state index is -0.0995. The normalized spacial score (nSPS) is 20.9. The Hall–Kier alpha value is -3.69. The van der Waals surface area contributed by atoms with Crippen LogP contribution in [0.2, 0.25) is 0 Å². The van der Waals surface area contributed by atoms with Gasteiger partial charge in [0.15, 0.2) is 0 Å². The van der Waals surface area contributed by atoms with Crippen LogP contribution in [0, 0.1) is 20.8 Å². The van der Waals surface area contributed by atoms with Crippen molar-refractivity contribution in [3.8, 4) is 0 Å². The number of H-pyrrole nitrogens is 1. The van der Waals surface area contributed by atoms with E-state index in [4.69, 9.17) is 0 Å². The molecule has 3 aliphatic rings. The number of likely N-dealkylation sites (tertiary alicyclic amines) is 1. The van der Waals surface area contributed by atoms with Crippen molar-refractivity contribution in [3.05, 3.63) is 97.5 Å². The number of aromatic amines is 1. The summed E-state index contributed by atoms with van der Waals surface area (Å²) in [5.74, 6) is 0.572. The highest BCUT2D eigenvalue weighted by Crippen LogP contribution is 2.45. The predicted octanol–water partition coefficient (Wildman–Crippen LogP) is 6.11. The number of benzene rings is 1. The number of aryl methyl sites for hydroxylation is 2. The van der Waals surface area contributed by atoms with E-state index in [1.165, 1.54) is 36.9 Å². The van der Waals surface area contributed by atoms with Crippen molar-refractivity contribution in [2.24, 2.45) is 0 Å². The third-order valence-electron chi connectivity index (χ3n) is 10.2. The SMILES string of the molecule is Cc1cc(C)c(CN2CCc3sc(N(C)c4ccccc4[C@H]4CC[C@H](N5CC(n6cccn6)C5)CC4)c(C)c3C2=O)c(=O)[nH]1. The molecule has 44 heavy (non-hydrogen) atoms. The molecule has 9 heteroatoms. The van der Waals surface area contributed by atoms with Crippen molar-refractivity contribution in [2.75, 3.05) is 31.6 Å². The molecular formula is C35H42N6O2S. The number of fused-ring (bicyclic) bond motifs is 1. The van der Waals surface area contributed by atoms with Crippen LogP contribution in [-0.4, -0.2) is 63.2 Å². The molecule has 3 aromatic heterocycles. The molecule has 1 aliphatic carbocycles. The Morgan fingerprint density at radius 3 is 2.52 bits per heavy atom. The second-order valence-corrected chi connectivity index (χ2v) is 14.1. The molecule has 2 fully saturated rings. The molecule has 1 saturated heterocycles. The van der Waals surface area contributed by atoms with Gasteiger partial charge in [-0.3, -0.25) is 19.2 Å². The lowest BCUT2D eigenvalue weighted by Gasteiger charge is -2.46. The van der Waals surface area contributed by atoms with E-state index in [1.807, 2.05) is 37.1 Å². The number of nitrogens with zero attached hydrogens (tertiary/aromatic N) is 5. The number of nitrogens with one attached hydrogen (secondary N) is 1. The molecule has 0 bridgehead atoms. The van der Waals surface area contributed by atoms with Gasteiger partial charge in [-0.05, 0) is 87.3 Å². The highest BCUT2D eigenvalue weighted by molar-refractivity contribution is 7.16. The Kier molecular flexibility index (Phi) is 7.70. The molecular weight excluding hydrogens is 568 g/mol. The van der Waals surface area contributed by atoms with Crippen LogP contribution in [0.1, 0.15) is 80.8 Å². The van der Waals surface area contributed by atoms with Crippen LogP contribution in [-0.2, 0) is 13.0 Å². The lowest BCUT2D eigenvalue weighted by Crippen LogP contribution is -2.53. The topological polar surface area (TPSA) is 77.5 Å². The van der Waals surface area contributed by atoms with Crippen molar-refractivity contribution >= 4 is 27.9 Å². The van der Waals surface area contributed by atoms with E-state index in [1.54, 1.807) is 11.3 Å². The van der Waals surface area contributed by atoms with Crippen molar-refractivity contribution in [3.63, 3.8) is 0 Å². The first-order valence-electron chi connectivity index (χ1n) is 15.9. The van der Waals surface area contributed by atoms with Crippen LogP contribution in [0.5, 0.6) is 0 Å². The Labute approximate surface area is 263 Å². The predicted molar refractivity (Wildman–Crippen MR) is 176 cm³/mol. The summed E-state index contributed by atoms with van der Waals surface area (Å²) in [5.41, 5.74) is 6.87. The third kappa shape index (κ3) is 5.20. The molecule has 8 nitrogen and oxygen atoms in total. The molecule has 0 atom stereocenters. The summed E-state index contributed by atoms with van der Waals surface area (Å²) in [6.07, 6.45) is 9.62. The first-order valence-corrected chi connectivity index (χ1v) is 16.8. The molecule has 0 unspecified atom stereocenters. The number of hydrogen-bond acceptors (Lipinski definition) is 6. The van der Waals surface area contributed by atoms with Gasteiger partial charge < -0.3 is 14.8 Å². The van der Waals surface area contributed by atoms with E-state index >= 15 is 0 Å². The van der Waals surface area contributed by atoms with Crippen molar-refractivity contribution in [2.45, 2.75) is 77.4 Å². The lowest BCUT2D eigenvalue weighted by molar-refractivity contribution is 0.0334. The summed E-state index contributed by atoms with van der Waals surface area (Å²) in [4.78, 5) is 37.4. The highest BCUT2D eigenvalue weighted by Gasteiger charge is 2.37. The molecule has 1 amide bonds. The van der Waals surface area contributed by atoms with E-state index in [0.717, 1.165) is 51.8 Å². The quantitative estimate of drug-likeness (QED) is 0.273. The third-order valence-corrected chi connectivity index (χ3v) is 11.6. The number of para-hydroxylation sites is 1. The molecule has 0 radical (unpaired) electrons. The van der Waals surface area contributed by atoms with Crippen molar-refractivity contribution in [1.82, 2.24) is 24.6 Å². The summed E-state index contributed by atoms with van der Waals surface area (Å²) < 4.78 is 2.11. The number of pyridine rings is 1. The van der Waals surface area contributed by atoms with E-state index < -0.39 is 0 Å². The van der Waals surface area contributed by atoms with Gasteiger partial charge >= 0.3 is 0 Å². The van der Waals surface area contributed by atoms with Gasteiger partial charge in [-0.25, -0.2) is 0 Å². The van der Waals surface area contributed by atoms with Gasteiger partial charge in [0.05, 0.1) is 23.2 Å². The first-order chi connectivity index (χ1) is 21.3. The smallest absolute Gasteiger partial charge is 0.255 e. The number of aromatic nitrogens is 3. The average molecular weight is 611 g/mol. The van der Waals surface area contributed by atoms with Gasteiger partial charge in [0, 0.05) is 73.4 Å². The number of rotatable bonds is 7. The molecule has 230 valence electrons. The average Bonchev–Trinajstić information content (AvgIpc) is 3.64. The number of thiophene rings is 1. The maximum atomic E-state index is 13.8. The monoisotopic (exact) mass is 610 g/mol. The highest BCUT2D eigenvalue weighted by atomic mass is 32.1. The van der Waals surface area contributed by atoms with Crippen molar-refractivity contribution < 1.29 is 4.79 Å². The zero-order chi connectivity index (χ0) is 30.5. The Balaban J connectivity index is 1.05. The van der Waals surface area contributed by atoms with E-state index in [9.17, 15) is 9.59 Å². The second kappa shape index (κ2) is 11.7. The van der Waals surface area contributed by atoms with Crippen LogP contribution >= 0.6 is 11.3 Å². The van der Waals surface area contributed by atoms with E-state index in [0.29, 0.717) is 36.7 Å². The molecule has 4 aromatic rings. The van der Waals surface area contributed by atoms with Gasteiger partial charge in [0.2, 0.25) is 0 Å². The molecule has 1 aromatic carbocycles. The summed E-state index contributed by atoms with van der Waals surface area (Å²) in [7, 11) is 2.15. The van der Waals surface area contributed by atoms with E-state index in [2.05, 4.69) is 69.0 Å². The van der Waals surface area contributed by atoms with Gasteiger partial charge in [-0.15, -0.1) is 11.3 Å². The molecule has 0 spiro atoms. The largest absolute Gasteiger partial charge is 0.336 e. The van der Waals surface area contributed by atoms with Gasteiger partial charge in [-0.1, -0.05) is 18.2 Å². The zero-order valence-electron chi connectivity index (χ0n) is 26.2. The van der Waals surface area contributed by atoms with Gasteiger partial charge in [0.1, 0.15) is 0 Å². The maximum Gasteiger partial charge on any atom is 0.255 e. The van der Waals surface area contributed by atoms with Crippen molar-refractivity contribution in [1.29, 1.82) is 0 Å². The molecule has 2 aliphatic heterocycles. The van der Waals surface area contributed by atoms with Crippen LogP contribution in [0.25, 0.3) is 0 Å². The Morgan fingerprint density at radius 2 is 1.80 bits per heavy atom. The van der Waals surface area contributed by atoms with Crippen LogP contribution in [0.3, 0.4) is 0 Å². The zero-order valence-corrected chi connectivity index (χ0v) is 27.0. The van der Waals surface area contributed by atoms with Gasteiger partial charge in [0.25, 0.3) is 11.5 Å². The van der Waals surface area contributed by atoms with Crippen LogP contribution in [0.15, 0.2) is 53.6 Å². The fraction of sp³-hybridized carbons (Fsp3) is 0.457. The molecule has 1 N–H and O–H groups in total. The van der Waals surface area contributed by atoms with Gasteiger partial charge in [-0.2, -0.15) is 5.10 Å². The molecule has 1 saturated carbocycles. The molecule has 7 rings (SSSR count). The summed E-state index contributed by atoms with van der Waals surface area (Å²) >= 11 is 1.75. The van der Waals surface area contributed by atoms with Crippen LogP contribution in [0.4, 0.5) is 10.7 Å². The summed E-state index contributed by atoms with van der Waals surface area (Å²) in [6, 6.07) is 14.0. The lowest BCUT2D eigenvalue weighted by atomic mass is 9.79. The summed E-state index contributed by atoms with van der Waals surface area (Å²) in [5, 5.41) is 5.57. The number of hydrogen-bond donors (Lipinski definition) is 1. The standard InChI is InChI=1S/C35H42N6O2S/c1-22-18-23(2)37-33(42)29(22)21-39-17-14-31-32(34(39)43)24(3)35(44-31)38(4)30-9-6-5-8-28(30)25-10-12-26(13-11-25)40-19-27(20-40)41-16-7-15-36-41/h5-9,15-16,18,25-27H,10-14,17,19-21H2,1-4H3,(H,37,42)/t25-,26-. The fourth-order valence-corrected chi connectivity index (χ4v) is 8.96. The van der Waals surface area contributed by atoms with Crippen LogP contribution < -0.4 is 10.5 Å². The number of anilines is 2. The Bertz CT molecular complexity index is 1730. The number of amides is 1. The fourth-order valence-electron chi connectivity index (χ4n) is 7.70. The summed E-state index contributed by atoms with van der Waals surface area (Å²) in [6.45, 7) is 9.11. The first kappa shape index (κ1) is 29.0. The maximum absolute atomic E-state index is 13.8. The number of carbonyl (C=O) groups is 1. The Morgan fingerprint density at radius 1 is 1.02 bits per heavy atom. The number of carbonyl (C=O) groups excluding carboxylic acids is 1. The second-order valence-electron chi connectivity index (χ2n) is 13.0. The van der Waals surface area contributed by atoms with E-state index in [-0.39, 0.29) is 11.5 Å².